The number of anilines is 1. The van der Waals surface area contributed by atoms with Crippen molar-refractivity contribution in [2.45, 2.75) is 19.4 Å². The Morgan fingerprint density at radius 2 is 1.75 bits per heavy atom. The minimum atomic E-state index is -0.138. The molecular weight excluding hydrogens is 452 g/mol. The zero-order valence-corrected chi connectivity index (χ0v) is 21.1. The standard InChI is InChI=1S/C28H36N6O2/c1-31-16-18-32(19-17-31)15-13-29-27(35)23-10-7-14-33(21-23)26-28(36)34(20-22-8-3-2-4-9-22)25-12-6-5-11-24(25)30-26/h2-6,8-9,11-12,23H,7,10,13-21H2,1H3,(H,29,35). The van der Waals surface area contributed by atoms with Crippen LogP contribution >= 0.6 is 0 Å². The Labute approximate surface area is 212 Å². The van der Waals surface area contributed by atoms with Crippen molar-refractivity contribution in [2.75, 3.05) is 64.3 Å². The van der Waals surface area contributed by atoms with Gasteiger partial charge >= 0.3 is 0 Å². The van der Waals surface area contributed by atoms with Gasteiger partial charge in [0.05, 0.1) is 23.5 Å². The lowest BCUT2D eigenvalue weighted by atomic mass is 9.97. The summed E-state index contributed by atoms with van der Waals surface area (Å²) in [6.07, 6.45) is 1.70. The maximum atomic E-state index is 13.7. The normalized spacial score (nSPS) is 19.5. The number of benzene rings is 2. The number of piperidine rings is 1. The fourth-order valence-electron chi connectivity index (χ4n) is 5.24. The molecule has 190 valence electrons. The largest absolute Gasteiger partial charge is 0.355 e. The number of amides is 1. The molecule has 5 rings (SSSR count). The lowest BCUT2D eigenvalue weighted by Gasteiger charge is -2.34. The molecule has 0 saturated carbocycles. The van der Waals surface area contributed by atoms with E-state index in [-0.39, 0.29) is 17.4 Å². The van der Waals surface area contributed by atoms with Crippen LogP contribution < -0.4 is 15.8 Å². The third-order valence-corrected chi connectivity index (χ3v) is 7.43. The molecule has 2 fully saturated rings. The Morgan fingerprint density at radius 1 is 1.00 bits per heavy atom. The van der Waals surface area contributed by atoms with Crippen molar-refractivity contribution in [1.82, 2.24) is 24.7 Å². The summed E-state index contributed by atoms with van der Waals surface area (Å²) >= 11 is 0. The highest BCUT2D eigenvalue weighted by molar-refractivity contribution is 5.80. The quantitative estimate of drug-likeness (QED) is 0.549. The summed E-state index contributed by atoms with van der Waals surface area (Å²) in [5, 5.41) is 3.15. The zero-order chi connectivity index (χ0) is 24.9. The summed E-state index contributed by atoms with van der Waals surface area (Å²) in [6.45, 7) is 7.53. The Morgan fingerprint density at radius 3 is 2.56 bits per heavy atom. The maximum absolute atomic E-state index is 13.7. The van der Waals surface area contributed by atoms with Gasteiger partial charge in [-0.3, -0.25) is 19.1 Å². The second-order valence-electron chi connectivity index (χ2n) is 10.0. The number of aromatic nitrogens is 2. The van der Waals surface area contributed by atoms with Gasteiger partial charge in [-0.05, 0) is 37.6 Å². The number of fused-ring (bicyclic) bond motifs is 1. The lowest BCUT2D eigenvalue weighted by Crippen LogP contribution is -2.49. The Hall–Kier alpha value is -3.23. The highest BCUT2D eigenvalue weighted by atomic mass is 16.2. The topological polar surface area (TPSA) is 73.7 Å². The highest BCUT2D eigenvalue weighted by Crippen LogP contribution is 2.22. The molecule has 0 aliphatic carbocycles. The van der Waals surface area contributed by atoms with Crippen LogP contribution in [0.1, 0.15) is 18.4 Å². The SMILES string of the molecule is CN1CCN(CCNC(=O)C2CCCN(c3nc4ccccc4n(Cc4ccccc4)c3=O)C2)CC1. The number of para-hydroxylation sites is 2. The van der Waals surface area contributed by atoms with Gasteiger partial charge in [0.1, 0.15) is 0 Å². The summed E-state index contributed by atoms with van der Waals surface area (Å²) < 4.78 is 1.81. The first-order chi connectivity index (χ1) is 17.6. The van der Waals surface area contributed by atoms with E-state index in [1.54, 1.807) is 0 Å². The van der Waals surface area contributed by atoms with Crippen molar-refractivity contribution in [3.05, 3.63) is 70.5 Å². The molecule has 0 radical (unpaired) electrons. The van der Waals surface area contributed by atoms with Crippen LogP contribution in [-0.4, -0.2) is 84.7 Å². The van der Waals surface area contributed by atoms with Crippen LogP contribution in [0, 0.1) is 5.92 Å². The molecule has 1 unspecified atom stereocenters. The van der Waals surface area contributed by atoms with Gasteiger partial charge in [-0.15, -0.1) is 0 Å². The van der Waals surface area contributed by atoms with Gasteiger partial charge in [-0.2, -0.15) is 0 Å². The van der Waals surface area contributed by atoms with Crippen molar-refractivity contribution in [2.24, 2.45) is 5.92 Å². The Kier molecular flexibility index (Phi) is 7.63. The van der Waals surface area contributed by atoms with Crippen molar-refractivity contribution >= 4 is 22.8 Å². The van der Waals surface area contributed by atoms with Crippen molar-refractivity contribution in [1.29, 1.82) is 0 Å². The molecule has 3 heterocycles. The molecule has 1 amide bonds. The zero-order valence-electron chi connectivity index (χ0n) is 21.1. The number of carbonyl (C=O) groups excluding carboxylic acids is 1. The molecule has 1 N–H and O–H groups in total. The monoisotopic (exact) mass is 488 g/mol. The molecule has 2 aliphatic heterocycles. The number of hydrogen-bond acceptors (Lipinski definition) is 6. The van der Waals surface area contributed by atoms with Crippen LogP contribution in [0.4, 0.5) is 5.82 Å². The fraction of sp³-hybridized carbons (Fsp3) is 0.464. The maximum Gasteiger partial charge on any atom is 0.294 e. The van der Waals surface area contributed by atoms with Gasteiger partial charge in [0, 0.05) is 52.4 Å². The van der Waals surface area contributed by atoms with Crippen LogP contribution in [0.5, 0.6) is 0 Å². The molecule has 8 nitrogen and oxygen atoms in total. The molecule has 1 atom stereocenters. The van der Waals surface area contributed by atoms with Crippen LogP contribution in [0.3, 0.4) is 0 Å². The van der Waals surface area contributed by atoms with Gasteiger partial charge in [-0.1, -0.05) is 42.5 Å². The number of hydrogen-bond donors (Lipinski definition) is 1. The Bertz CT molecular complexity index is 1240. The molecule has 1 aromatic heterocycles. The smallest absolute Gasteiger partial charge is 0.294 e. The summed E-state index contributed by atoms with van der Waals surface area (Å²) in [6, 6.07) is 17.8. The first-order valence-electron chi connectivity index (χ1n) is 13.1. The predicted octanol–water partition coefficient (Wildman–Crippen LogP) is 2.02. The molecule has 2 aliphatic rings. The molecule has 3 aromatic rings. The van der Waals surface area contributed by atoms with Crippen LogP contribution in [-0.2, 0) is 11.3 Å². The van der Waals surface area contributed by atoms with E-state index in [1.165, 1.54) is 0 Å². The minimum absolute atomic E-state index is 0.0826. The van der Waals surface area contributed by atoms with Crippen molar-refractivity contribution in [3.63, 3.8) is 0 Å². The first kappa shape index (κ1) is 24.5. The summed E-state index contributed by atoms with van der Waals surface area (Å²) in [5.74, 6) is 0.389. The van der Waals surface area contributed by atoms with Gasteiger partial charge in [0.25, 0.3) is 5.56 Å². The number of nitrogens with zero attached hydrogens (tertiary/aromatic N) is 5. The second-order valence-corrected chi connectivity index (χ2v) is 10.0. The Balaban J connectivity index is 1.29. The lowest BCUT2D eigenvalue weighted by molar-refractivity contribution is -0.125. The van der Waals surface area contributed by atoms with Crippen molar-refractivity contribution in [3.8, 4) is 0 Å². The van der Waals surface area contributed by atoms with Gasteiger partial charge in [-0.25, -0.2) is 4.98 Å². The summed E-state index contributed by atoms with van der Waals surface area (Å²) in [7, 11) is 2.15. The second kappa shape index (κ2) is 11.2. The molecule has 0 spiro atoms. The molecule has 0 bridgehead atoms. The number of carbonyl (C=O) groups is 1. The first-order valence-corrected chi connectivity index (χ1v) is 13.1. The highest BCUT2D eigenvalue weighted by Gasteiger charge is 2.28. The summed E-state index contributed by atoms with van der Waals surface area (Å²) in [4.78, 5) is 38.2. The average molecular weight is 489 g/mol. The summed E-state index contributed by atoms with van der Waals surface area (Å²) in [5.41, 5.74) is 2.58. The van der Waals surface area contributed by atoms with E-state index in [0.29, 0.717) is 25.5 Å². The van der Waals surface area contributed by atoms with Gasteiger partial charge in [0.2, 0.25) is 5.91 Å². The minimum Gasteiger partial charge on any atom is -0.355 e. The van der Waals surface area contributed by atoms with E-state index in [9.17, 15) is 9.59 Å². The van der Waals surface area contributed by atoms with E-state index in [0.717, 1.165) is 68.7 Å². The van der Waals surface area contributed by atoms with E-state index >= 15 is 0 Å². The van der Waals surface area contributed by atoms with E-state index in [4.69, 9.17) is 4.98 Å². The molecule has 2 saturated heterocycles. The molecule has 36 heavy (non-hydrogen) atoms. The van der Waals surface area contributed by atoms with Gasteiger partial charge in [0.15, 0.2) is 5.82 Å². The number of nitrogens with one attached hydrogen (secondary N) is 1. The molecule has 2 aromatic carbocycles. The molecule has 8 heteroatoms. The van der Waals surface area contributed by atoms with Crippen LogP contribution in [0.2, 0.25) is 0 Å². The van der Waals surface area contributed by atoms with Crippen molar-refractivity contribution < 1.29 is 4.79 Å². The third kappa shape index (κ3) is 5.60. The van der Waals surface area contributed by atoms with E-state index in [1.807, 2.05) is 64.1 Å². The van der Waals surface area contributed by atoms with Crippen LogP contribution in [0.25, 0.3) is 11.0 Å². The molecular formula is C28H36N6O2. The fourth-order valence-corrected chi connectivity index (χ4v) is 5.24. The predicted molar refractivity (Wildman–Crippen MR) is 143 cm³/mol. The third-order valence-electron chi connectivity index (χ3n) is 7.43. The number of likely N-dealkylation sites (N-methyl/N-ethyl adjacent to an activating group) is 1. The number of rotatable bonds is 7. The van der Waals surface area contributed by atoms with Crippen LogP contribution in [0.15, 0.2) is 59.4 Å². The average Bonchev–Trinajstić information content (AvgIpc) is 2.92. The number of piperazine rings is 1. The van der Waals surface area contributed by atoms with E-state index < -0.39 is 0 Å². The van der Waals surface area contributed by atoms with E-state index in [2.05, 4.69) is 22.2 Å². The van der Waals surface area contributed by atoms with Gasteiger partial charge < -0.3 is 15.1 Å².